The Morgan fingerprint density at radius 2 is 1.87 bits per heavy atom. The van der Waals surface area contributed by atoms with Gasteiger partial charge in [-0.15, -0.1) is 0 Å². The van der Waals surface area contributed by atoms with Gasteiger partial charge in [-0.05, 0) is 60.6 Å². The number of amides is 2. The van der Waals surface area contributed by atoms with Crippen LogP contribution in [0.2, 0.25) is 0 Å². The van der Waals surface area contributed by atoms with E-state index in [1.165, 1.54) is 11.8 Å². The summed E-state index contributed by atoms with van der Waals surface area (Å²) in [4.78, 5) is 23.7. The molecule has 1 aromatic heterocycles. The van der Waals surface area contributed by atoms with E-state index in [2.05, 4.69) is 15.3 Å². The highest BCUT2D eigenvalue weighted by Crippen LogP contribution is 2.28. The van der Waals surface area contributed by atoms with Crippen molar-refractivity contribution in [1.29, 1.82) is 0 Å². The van der Waals surface area contributed by atoms with Gasteiger partial charge in [0.1, 0.15) is 11.5 Å². The van der Waals surface area contributed by atoms with Crippen LogP contribution in [0.1, 0.15) is 11.1 Å². The van der Waals surface area contributed by atoms with E-state index < -0.39 is 0 Å². The Bertz CT molecular complexity index is 1010. The Hall–Kier alpha value is -3.26. The number of aryl methyl sites for hydroxylation is 1. The maximum Gasteiger partial charge on any atom is 0.321 e. The average Bonchev–Trinajstić information content (AvgIpc) is 2.76. The van der Waals surface area contributed by atoms with Gasteiger partial charge in [0.15, 0.2) is 5.16 Å². The molecular formula is C22H24N4O3S. The van der Waals surface area contributed by atoms with Crippen molar-refractivity contribution < 1.29 is 14.3 Å². The Morgan fingerprint density at radius 3 is 2.53 bits per heavy atom. The number of nitrogens with zero attached hydrogens (tertiary/aromatic N) is 3. The zero-order valence-electron chi connectivity index (χ0n) is 17.4. The fourth-order valence-corrected chi connectivity index (χ4v) is 3.61. The van der Waals surface area contributed by atoms with Crippen molar-refractivity contribution in [3.05, 3.63) is 66.0 Å². The third-order valence-electron chi connectivity index (χ3n) is 4.44. The SMILES string of the molecule is COc1ccc(CN(C)C(=O)Nc2ccc(Sc3ncccn3)cc2C)c(OC)c1. The highest BCUT2D eigenvalue weighted by atomic mass is 32.2. The van der Waals surface area contributed by atoms with Crippen molar-refractivity contribution in [3.63, 3.8) is 0 Å². The number of nitrogens with one attached hydrogen (secondary N) is 1. The number of ether oxygens (including phenoxy) is 2. The third-order valence-corrected chi connectivity index (χ3v) is 5.32. The summed E-state index contributed by atoms with van der Waals surface area (Å²) in [6.45, 7) is 2.36. The van der Waals surface area contributed by atoms with Gasteiger partial charge in [0.05, 0.1) is 20.8 Å². The topological polar surface area (TPSA) is 76.6 Å². The van der Waals surface area contributed by atoms with Gasteiger partial charge in [-0.3, -0.25) is 0 Å². The predicted octanol–water partition coefficient (Wildman–Crippen LogP) is 4.62. The van der Waals surface area contributed by atoms with Crippen molar-refractivity contribution in [2.75, 3.05) is 26.6 Å². The minimum absolute atomic E-state index is 0.206. The van der Waals surface area contributed by atoms with Crippen LogP contribution < -0.4 is 14.8 Å². The lowest BCUT2D eigenvalue weighted by atomic mass is 10.2. The summed E-state index contributed by atoms with van der Waals surface area (Å²) >= 11 is 1.48. The fraction of sp³-hybridized carbons (Fsp3) is 0.227. The molecule has 156 valence electrons. The molecule has 0 fully saturated rings. The third kappa shape index (κ3) is 5.42. The largest absolute Gasteiger partial charge is 0.497 e. The normalized spacial score (nSPS) is 10.4. The fourth-order valence-electron chi connectivity index (χ4n) is 2.80. The monoisotopic (exact) mass is 424 g/mol. The molecule has 0 bridgehead atoms. The molecule has 0 aliphatic carbocycles. The molecule has 0 spiro atoms. The number of methoxy groups -OCH3 is 2. The van der Waals surface area contributed by atoms with E-state index in [0.29, 0.717) is 23.2 Å². The second-order valence-corrected chi connectivity index (χ2v) is 7.61. The van der Waals surface area contributed by atoms with E-state index in [1.807, 2.05) is 37.3 Å². The minimum Gasteiger partial charge on any atom is -0.497 e. The minimum atomic E-state index is -0.206. The molecule has 0 aliphatic rings. The summed E-state index contributed by atoms with van der Waals surface area (Å²) in [5, 5.41) is 3.64. The zero-order valence-corrected chi connectivity index (χ0v) is 18.2. The van der Waals surface area contributed by atoms with Crippen molar-refractivity contribution in [1.82, 2.24) is 14.9 Å². The number of carbonyl (C=O) groups is 1. The molecule has 0 radical (unpaired) electrons. The van der Waals surface area contributed by atoms with Crippen LogP contribution in [0.5, 0.6) is 11.5 Å². The Morgan fingerprint density at radius 1 is 1.10 bits per heavy atom. The number of anilines is 1. The lowest BCUT2D eigenvalue weighted by molar-refractivity contribution is 0.220. The maximum absolute atomic E-state index is 12.7. The van der Waals surface area contributed by atoms with Gasteiger partial charge in [0.25, 0.3) is 0 Å². The van der Waals surface area contributed by atoms with E-state index in [0.717, 1.165) is 21.7 Å². The number of benzene rings is 2. The summed E-state index contributed by atoms with van der Waals surface area (Å²) in [5.74, 6) is 1.38. The first-order chi connectivity index (χ1) is 14.5. The first-order valence-corrected chi connectivity index (χ1v) is 10.1. The van der Waals surface area contributed by atoms with Crippen LogP contribution in [0, 0.1) is 6.92 Å². The van der Waals surface area contributed by atoms with Crippen LogP contribution in [0.15, 0.2) is 64.9 Å². The first-order valence-electron chi connectivity index (χ1n) is 9.28. The van der Waals surface area contributed by atoms with Gasteiger partial charge in [-0.1, -0.05) is 0 Å². The molecule has 0 atom stereocenters. The van der Waals surface area contributed by atoms with Gasteiger partial charge in [-0.25, -0.2) is 14.8 Å². The molecule has 2 aromatic carbocycles. The second kappa shape index (κ2) is 9.98. The molecule has 0 saturated carbocycles. The molecule has 30 heavy (non-hydrogen) atoms. The van der Waals surface area contributed by atoms with Gasteiger partial charge >= 0.3 is 6.03 Å². The van der Waals surface area contributed by atoms with Crippen LogP contribution in [0.3, 0.4) is 0 Å². The lowest BCUT2D eigenvalue weighted by Gasteiger charge is -2.20. The summed E-state index contributed by atoms with van der Waals surface area (Å²) in [6, 6.07) is 13.0. The van der Waals surface area contributed by atoms with Crippen LogP contribution in [-0.2, 0) is 6.54 Å². The number of carbonyl (C=O) groups excluding carboxylic acids is 1. The van der Waals surface area contributed by atoms with Crippen LogP contribution >= 0.6 is 11.8 Å². The molecule has 7 nitrogen and oxygen atoms in total. The molecule has 3 rings (SSSR count). The molecule has 1 N–H and O–H groups in total. The molecule has 0 aliphatic heterocycles. The molecule has 8 heteroatoms. The number of rotatable bonds is 7. The number of hydrogen-bond donors (Lipinski definition) is 1. The van der Waals surface area contributed by atoms with Gasteiger partial charge in [-0.2, -0.15) is 0 Å². The van der Waals surface area contributed by atoms with Gasteiger partial charge in [0.2, 0.25) is 0 Å². The molecule has 0 saturated heterocycles. The summed E-state index contributed by atoms with van der Waals surface area (Å²) in [6.07, 6.45) is 3.43. The van der Waals surface area contributed by atoms with Crippen LogP contribution in [-0.4, -0.2) is 42.2 Å². The van der Waals surface area contributed by atoms with Crippen molar-refractivity contribution in [3.8, 4) is 11.5 Å². The zero-order chi connectivity index (χ0) is 21.5. The van der Waals surface area contributed by atoms with Crippen LogP contribution in [0.4, 0.5) is 10.5 Å². The molecule has 1 heterocycles. The second-order valence-electron chi connectivity index (χ2n) is 6.57. The molecular weight excluding hydrogens is 400 g/mol. The summed E-state index contributed by atoms with van der Waals surface area (Å²) < 4.78 is 10.6. The highest BCUT2D eigenvalue weighted by Gasteiger charge is 2.14. The van der Waals surface area contributed by atoms with Crippen LogP contribution in [0.25, 0.3) is 0 Å². The Labute approximate surface area is 180 Å². The van der Waals surface area contributed by atoms with Gasteiger partial charge < -0.3 is 19.7 Å². The van der Waals surface area contributed by atoms with Crippen molar-refractivity contribution in [2.24, 2.45) is 0 Å². The standard InChI is InChI=1S/C22H24N4O3S/c1-15-12-18(30-21-23-10-5-11-24-21)8-9-19(15)25-22(27)26(2)14-16-6-7-17(28-3)13-20(16)29-4/h5-13H,14H2,1-4H3,(H,25,27). The molecule has 3 aromatic rings. The molecule has 0 unspecified atom stereocenters. The van der Waals surface area contributed by atoms with E-state index in [-0.39, 0.29) is 6.03 Å². The van der Waals surface area contributed by atoms with Crippen molar-refractivity contribution >= 4 is 23.5 Å². The number of hydrogen-bond acceptors (Lipinski definition) is 6. The van der Waals surface area contributed by atoms with E-state index >= 15 is 0 Å². The highest BCUT2D eigenvalue weighted by molar-refractivity contribution is 7.99. The predicted molar refractivity (Wildman–Crippen MR) is 117 cm³/mol. The molecule has 2 amide bonds. The van der Waals surface area contributed by atoms with E-state index in [1.54, 1.807) is 50.7 Å². The number of aromatic nitrogens is 2. The van der Waals surface area contributed by atoms with E-state index in [9.17, 15) is 4.79 Å². The Balaban J connectivity index is 1.65. The lowest BCUT2D eigenvalue weighted by Crippen LogP contribution is -2.31. The first kappa shape index (κ1) is 21.4. The van der Waals surface area contributed by atoms with E-state index in [4.69, 9.17) is 9.47 Å². The maximum atomic E-state index is 12.7. The Kier molecular flexibility index (Phi) is 7.13. The van der Waals surface area contributed by atoms with Gasteiger partial charge in [0, 0.05) is 41.7 Å². The number of urea groups is 1. The summed E-state index contributed by atoms with van der Waals surface area (Å²) in [7, 11) is 4.94. The average molecular weight is 425 g/mol. The smallest absolute Gasteiger partial charge is 0.321 e. The quantitative estimate of drug-likeness (QED) is 0.558. The van der Waals surface area contributed by atoms with Crippen molar-refractivity contribution in [2.45, 2.75) is 23.5 Å². The summed E-state index contributed by atoms with van der Waals surface area (Å²) in [5.41, 5.74) is 2.61.